The summed E-state index contributed by atoms with van der Waals surface area (Å²) in [4.78, 5) is 61.7. The highest BCUT2D eigenvalue weighted by molar-refractivity contribution is 6.32. The monoisotopic (exact) mass is 817 g/mol. The summed E-state index contributed by atoms with van der Waals surface area (Å²) in [6.07, 6.45) is 7.81. The van der Waals surface area contributed by atoms with Gasteiger partial charge in [0.1, 0.15) is 17.2 Å². The lowest BCUT2D eigenvalue weighted by atomic mass is 9.44. The Morgan fingerprint density at radius 3 is 2.19 bits per heavy atom. The number of hydrogen-bond acceptors (Lipinski definition) is 7. The van der Waals surface area contributed by atoms with Crippen molar-refractivity contribution >= 4 is 57.6 Å². The minimum absolute atomic E-state index is 0.000971. The lowest BCUT2D eigenvalue weighted by Crippen LogP contribution is -2.58. The average Bonchev–Trinajstić information content (AvgIpc) is 3.57. The van der Waals surface area contributed by atoms with Crippen molar-refractivity contribution < 1.29 is 33.8 Å². The van der Waals surface area contributed by atoms with E-state index in [1.807, 2.05) is 140 Å². The number of phenolic OH excluding ortho intramolecular Hbond substituents is 1. The molecule has 6 aromatic carbocycles. The summed E-state index contributed by atoms with van der Waals surface area (Å²) in [5.41, 5.74) is 3.64. The van der Waals surface area contributed by atoms with Crippen LogP contribution in [0.2, 0.25) is 0 Å². The van der Waals surface area contributed by atoms with Gasteiger partial charge >= 0.3 is 0 Å². The molecule has 62 heavy (non-hydrogen) atoms. The molecule has 306 valence electrons. The number of carbonyl (C=O) groups is 4. The van der Waals surface area contributed by atoms with Gasteiger partial charge in [-0.25, -0.2) is 0 Å². The van der Waals surface area contributed by atoms with Crippen LogP contribution in [0.4, 0.5) is 5.69 Å². The highest BCUT2D eigenvalue weighted by Crippen LogP contribution is 2.65. The number of methoxy groups -OCH3 is 2. The van der Waals surface area contributed by atoms with E-state index in [4.69, 9.17) is 9.47 Å². The Balaban J connectivity index is 1.09. The van der Waals surface area contributed by atoms with Gasteiger partial charge in [0.05, 0.1) is 37.2 Å². The van der Waals surface area contributed by atoms with Crippen molar-refractivity contribution in [2.24, 2.45) is 23.7 Å². The Labute approximate surface area is 359 Å². The number of amides is 2. The van der Waals surface area contributed by atoms with E-state index in [0.717, 1.165) is 27.5 Å². The molecule has 4 aliphatic rings. The maximum Gasteiger partial charge on any atom is 0.238 e. The second-order valence-electron chi connectivity index (χ2n) is 16.6. The standard InChI is InChI=1S/C54H43NO7/c1-61-38-24-28-46(62-2)35(29-38)20-17-32-18-22-37(23-19-32)55-52(59)41-26-25-40-43(48(41)53(55)60)30-44-51(58)42(33-11-5-3-6-12-33)31-47(57)54(44,36-14-7-4-8-15-36)50(40)49-39-16-10-9-13-34(39)21-27-45(49)56/h3-25,27-29,31,41,43-44,48,50,56H,26,30H2,1-2H3/t41-,43+,44-,48-,50+,54-/m0/s1. The average molecular weight is 818 g/mol. The summed E-state index contributed by atoms with van der Waals surface area (Å²) in [5.74, 6) is -3.46. The third-order valence-corrected chi connectivity index (χ3v) is 13.7. The van der Waals surface area contributed by atoms with Crippen LogP contribution >= 0.6 is 0 Å². The van der Waals surface area contributed by atoms with Crippen LogP contribution in [0.5, 0.6) is 17.2 Å². The van der Waals surface area contributed by atoms with Gasteiger partial charge in [0.25, 0.3) is 0 Å². The first-order valence-corrected chi connectivity index (χ1v) is 20.9. The maximum absolute atomic E-state index is 15.5. The third kappa shape index (κ3) is 5.96. The number of imide groups is 1. The molecular weight excluding hydrogens is 775 g/mol. The maximum atomic E-state index is 15.5. The summed E-state index contributed by atoms with van der Waals surface area (Å²) < 4.78 is 10.9. The number of anilines is 1. The minimum atomic E-state index is -1.46. The quantitative estimate of drug-likeness (QED) is 0.0926. The lowest BCUT2D eigenvalue weighted by molar-refractivity contribution is -0.135. The fourth-order valence-corrected chi connectivity index (χ4v) is 10.9. The van der Waals surface area contributed by atoms with Gasteiger partial charge in [-0.3, -0.25) is 24.1 Å². The Hall–Kier alpha value is -7.32. The summed E-state index contributed by atoms with van der Waals surface area (Å²) in [6, 6.07) is 42.7. The van der Waals surface area contributed by atoms with Crippen molar-refractivity contribution in [1.29, 1.82) is 0 Å². The molecule has 10 rings (SSSR count). The Bertz CT molecular complexity index is 2900. The SMILES string of the molecule is COc1ccc(OC)c(C=Cc2ccc(N3C(=O)[C@H]4[C@H](CC=C5[C@H]4C[C@H]4C(=O)C(c6ccccc6)=CC(=O)[C@@]4(c4ccccc4)[C@H]5c4c(O)ccc5ccccc45)C3=O)cc2)c1. The molecule has 2 amide bonds. The van der Waals surface area contributed by atoms with Crippen LogP contribution in [0.1, 0.15) is 46.6 Å². The number of hydrogen-bond donors (Lipinski definition) is 1. The van der Waals surface area contributed by atoms with Crippen LogP contribution in [-0.4, -0.2) is 42.7 Å². The number of ketones is 2. The summed E-state index contributed by atoms with van der Waals surface area (Å²) >= 11 is 0. The first kappa shape index (κ1) is 38.9. The number of phenols is 1. The van der Waals surface area contributed by atoms with Crippen molar-refractivity contribution in [3.63, 3.8) is 0 Å². The first-order chi connectivity index (χ1) is 30.2. The molecule has 0 spiro atoms. The van der Waals surface area contributed by atoms with Gasteiger partial charge in [0.2, 0.25) is 11.8 Å². The van der Waals surface area contributed by atoms with Gasteiger partial charge in [-0.05, 0) is 88.7 Å². The number of benzene rings is 6. The molecule has 1 N–H and O–H groups in total. The van der Waals surface area contributed by atoms with Crippen LogP contribution in [0.3, 0.4) is 0 Å². The molecule has 0 radical (unpaired) electrons. The summed E-state index contributed by atoms with van der Waals surface area (Å²) in [6.45, 7) is 0. The van der Waals surface area contributed by atoms with E-state index < -0.39 is 35.0 Å². The molecule has 6 atom stereocenters. The van der Waals surface area contributed by atoms with E-state index in [1.54, 1.807) is 32.4 Å². The Morgan fingerprint density at radius 2 is 1.45 bits per heavy atom. The predicted molar refractivity (Wildman–Crippen MR) is 240 cm³/mol. The highest BCUT2D eigenvalue weighted by atomic mass is 16.5. The molecular formula is C54H43NO7. The third-order valence-electron chi connectivity index (χ3n) is 13.7. The highest BCUT2D eigenvalue weighted by Gasteiger charge is 2.66. The minimum Gasteiger partial charge on any atom is -0.508 e. The second-order valence-corrected chi connectivity index (χ2v) is 16.6. The number of Topliss-reactive ketones (excluding diaryl/α,β-unsaturated/α-hetero) is 1. The molecule has 1 aliphatic heterocycles. The summed E-state index contributed by atoms with van der Waals surface area (Å²) in [5, 5.41) is 13.7. The topological polar surface area (TPSA) is 110 Å². The first-order valence-electron chi connectivity index (χ1n) is 20.9. The predicted octanol–water partition coefficient (Wildman–Crippen LogP) is 9.76. The number of ether oxygens (including phenoxy) is 2. The number of aromatic hydroxyl groups is 1. The zero-order valence-electron chi connectivity index (χ0n) is 34.2. The van der Waals surface area contributed by atoms with Gasteiger partial charge in [0.15, 0.2) is 11.6 Å². The smallest absolute Gasteiger partial charge is 0.238 e. The number of carbonyl (C=O) groups excluding carboxylic acids is 4. The van der Waals surface area contributed by atoms with Gasteiger partial charge in [-0.1, -0.05) is 127 Å². The number of fused-ring (bicyclic) bond motifs is 5. The Morgan fingerprint density at radius 1 is 0.726 bits per heavy atom. The molecule has 6 aromatic rings. The molecule has 0 aromatic heterocycles. The number of rotatable bonds is 8. The largest absolute Gasteiger partial charge is 0.508 e. The second kappa shape index (κ2) is 15.3. The van der Waals surface area contributed by atoms with E-state index >= 15 is 14.4 Å². The van der Waals surface area contributed by atoms with Gasteiger partial charge < -0.3 is 14.6 Å². The van der Waals surface area contributed by atoms with Crippen LogP contribution in [0.15, 0.2) is 157 Å². The Kier molecular flexibility index (Phi) is 9.59. The van der Waals surface area contributed by atoms with Crippen molar-refractivity contribution in [2.45, 2.75) is 24.2 Å². The lowest BCUT2D eigenvalue weighted by Gasteiger charge is -2.55. The zero-order valence-corrected chi connectivity index (χ0v) is 34.2. The molecule has 8 nitrogen and oxygen atoms in total. The van der Waals surface area contributed by atoms with Crippen LogP contribution in [0.25, 0.3) is 28.5 Å². The molecule has 2 fully saturated rings. The van der Waals surface area contributed by atoms with E-state index in [9.17, 15) is 9.90 Å². The van der Waals surface area contributed by atoms with Crippen molar-refractivity contribution in [3.05, 3.63) is 185 Å². The summed E-state index contributed by atoms with van der Waals surface area (Å²) in [7, 11) is 3.22. The number of nitrogens with zero attached hydrogens (tertiary/aromatic N) is 1. The fraction of sp³-hybridized carbons (Fsp3) is 0.185. The van der Waals surface area contributed by atoms with E-state index in [2.05, 4.69) is 0 Å². The van der Waals surface area contributed by atoms with Crippen molar-refractivity contribution in [1.82, 2.24) is 0 Å². The normalized spacial score (nSPS) is 24.4. The molecule has 1 saturated carbocycles. The van der Waals surface area contributed by atoms with Crippen LogP contribution in [0, 0.1) is 23.7 Å². The van der Waals surface area contributed by atoms with Crippen LogP contribution in [-0.2, 0) is 24.6 Å². The van der Waals surface area contributed by atoms with Gasteiger partial charge in [-0.2, -0.15) is 0 Å². The zero-order chi connectivity index (χ0) is 42.7. The van der Waals surface area contributed by atoms with Crippen LogP contribution < -0.4 is 14.4 Å². The van der Waals surface area contributed by atoms with Gasteiger partial charge in [-0.15, -0.1) is 0 Å². The number of allylic oxidation sites excluding steroid dienone is 4. The van der Waals surface area contributed by atoms with Gasteiger partial charge in [0, 0.05) is 28.5 Å². The van der Waals surface area contributed by atoms with E-state index in [0.29, 0.717) is 39.4 Å². The molecule has 1 saturated heterocycles. The molecule has 3 aliphatic carbocycles. The molecule has 1 heterocycles. The molecule has 0 unspecified atom stereocenters. The fourth-order valence-electron chi connectivity index (χ4n) is 10.9. The van der Waals surface area contributed by atoms with Crippen molar-refractivity contribution in [3.8, 4) is 17.2 Å². The van der Waals surface area contributed by atoms with E-state index in [-0.39, 0.29) is 42.0 Å². The molecule has 0 bridgehead atoms. The molecule has 8 heteroatoms. The van der Waals surface area contributed by atoms with Crippen molar-refractivity contribution in [2.75, 3.05) is 19.1 Å². The van der Waals surface area contributed by atoms with E-state index in [1.165, 1.54) is 11.0 Å².